The van der Waals surface area contributed by atoms with Crippen LogP contribution in [0.25, 0.3) is 0 Å². The second-order valence-electron chi connectivity index (χ2n) is 5.32. The minimum Gasteiger partial charge on any atom is -0.301 e. The van der Waals surface area contributed by atoms with E-state index >= 15 is 0 Å². The Morgan fingerprint density at radius 3 is 2.48 bits per heavy atom. The maximum absolute atomic E-state index is 11.8. The molecule has 4 heteroatoms. The van der Waals surface area contributed by atoms with Crippen molar-refractivity contribution in [3.63, 3.8) is 0 Å². The summed E-state index contributed by atoms with van der Waals surface area (Å²) < 4.78 is 0. The summed E-state index contributed by atoms with van der Waals surface area (Å²) in [6, 6.07) is 15.2. The molecule has 3 rings (SSSR count). The molecule has 21 heavy (non-hydrogen) atoms. The van der Waals surface area contributed by atoms with Gasteiger partial charge in [0.1, 0.15) is 12.3 Å². The summed E-state index contributed by atoms with van der Waals surface area (Å²) >= 11 is 5.99. The Bertz CT molecular complexity index is 671. The molecule has 2 unspecified atom stereocenters. The topological polar surface area (TPSA) is 29.5 Å². The van der Waals surface area contributed by atoms with Crippen molar-refractivity contribution in [2.75, 3.05) is 12.2 Å². The van der Waals surface area contributed by atoms with Crippen molar-refractivity contribution in [2.24, 2.45) is 0 Å². The third kappa shape index (κ3) is 1.96. The van der Waals surface area contributed by atoms with Gasteiger partial charge >= 0.3 is 0 Å². The van der Waals surface area contributed by atoms with Gasteiger partial charge in [-0.25, -0.2) is 5.06 Å². The molecular weight excluding hydrogens is 286 g/mol. The van der Waals surface area contributed by atoms with Gasteiger partial charge in [-0.05, 0) is 36.2 Å². The first-order valence-electron chi connectivity index (χ1n) is 6.77. The van der Waals surface area contributed by atoms with Crippen LogP contribution in [0.2, 0.25) is 5.02 Å². The Kier molecular flexibility index (Phi) is 3.47. The lowest BCUT2D eigenvalue weighted by Gasteiger charge is -2.32. The summed E-state index contributed by atoms with van der Waals surface area (Å²) in [5.41, 5.74) is 2.57. The summed E-state index contributed by atoms with van der Waals surface area (Å²) in [4.78, 5) is 17.2. The molecule has 2 atom stereocenters. The van der Waals surface area contributed by atoms with Crippen molar-refractivity contribution in [1.82, 2.24) is 0 Å². The lowest BCUT2D eigenvalue weighted by Crippen LogP contribution is -2.44. The zero-order chi connectivity index (χ0) is 15.0. The normalized spacial score (nSPS) is 24.0. The van der Waals surface area contributed by atoms with E-state index in [-0.39, 0.29) is 0 Å². The number of halogens is 1. The highest BCUT2D eigenvalue weighted by Gasteiger charge is 2.49. The molecule has 0 bridgehead atoms. The molecule has 0 amide bonds. The van der Waals surface area contributed by atoms with Crippen molar-refractivity contribution < 1.29 is 9.63 Å². The number of aldehydes is 1. The van der Waals surface area contributed by atoms with Crippen molar-refractivity contribution in [3.8, 4) is 0 Å². The van der Waals surface area contributed by atoms with E-state index in [1.807, 2.05) is 48.5 Å². The number of carbonyl (C=O) groups is 1. The molecule has 0 radical (unpaired) electrons. The minimum atomic E-state index is -0.473. The van der Waals surface area contributed by atoms with Crippen LogP contribution in [0, 0.1) is 0 Å². The van der Waals surface area contributed by atoms with Gasteiger partial charge in [0.25, 0.3) is 0 Å². The van der Waals surface area contributed by atoms with E-state index in [9.17, 15) is 4.79 Å². The number of para-hydroxylation sites is 1. The van der Waals surface area contributed by atoms with Crippen molar-refractivity contribution in [2.45, 2.75) is 18.4 Å². The number of rotatable bonds is 3. The van der Waals surface area contributed by atoms with Gasteiger partial charge in [-0.15, -0.1) is 0 Å². The fourth-order valence-electron chi connectivity index (χ4n) is 3.17. The van der Waals surface area contributed by atoms with Gasteiger partial charge in [0.15, 0.2) is 0 Å². The highest BCUT2D eigenvalue weighted by Crippen LogP contribution is 2.48. The zero-order valence-electron chi connectivity index (χ0n) is 11.9. The Hall–Kier alpha value is -1.84. The summed E-state index contributed by atoms with van der Waals surface area (Å²) in [5, 5.41) is 2.36. The van der Waals surface area contributed by atoms with Gasteiger partial charge in [0, 0.05) is 10.4 Å². The van der Waals surface area contributed by atoms with Crippen molar-refractivity contribution in [3.05, 3.63) is 64.7 Å². The number of carbonyl (C=O) groups excluding carboxylic acids is 1. The molecular formula is C17H16ClNO2. The molecule has 0 saturated heterocycles. The van der Waals surface area contributed by atoms with E-state index in [1.54, 1.807) is 12.2 Å². The van der Waals surface area contributed by atoms with Gasteiger partial charge < -0.3 is 4.79 Å². The van der Waals surface area contributed by atoms with Crippen LogP contribution in [0.1, 0.15) is 18.1 Å². The van der Waals surface area contributed by atoms with Crippen LogP contribution in [-0.2, 0) is 15.0 Å². The van der Waals surface area contributed by atoms with E-state index < -0.39 is 11.5 Å². The van der Waals surface area contributed by atoms with Gasteiger partial charge in [-0.1, -0.05) is 41.9 Å². The molecule has 2 aromatic carbocycles. The predicted octanol–water partition coefficient (Wildman–Crippen LogP) is 3.59. The molecule has 0 aromatic heterocycles. The van der Waals surface area contributed by atoms with Crippen LogP contribution in [0.5, 0.6) is 0 Å². The molecule has 1 aliphatic rings. The SMILES string of the molecule is CON1c2ccccc2C(C)(c2ccc(Cl)cc2)C1C=O. The molecule has 0 spiro atoms. The van der Waals surface area contributed by atoms with Crippen molar-refractivity contribution in [1.29, 1.82) is 0 Å². The van der Waals surface area contributed by atoms with Crippen LogP contribution in [0.4, 0.5) is 5.69 Å². The highest BCUT2D eigenvalue weighted by molar-refractivity contribution is 6.30. The number of hydrogen-bond donors (Lipinski definition) is 0. The molecule has 1 heterocycles. The van der Waals surface area contributed by atoms with Crippen molar-refractivity contribution >= 4 is 23.6 Å². The molecule has 0 N–H and O–H groups in total. The molecule has 2 aromatic rings. The zero-order valence-corrected chi connectivity index (χ0v) is 12.7. The Labute approximate surface area is 129 Å². The quantitative estimate of drug-likeness (QED) is 0.811. The van der Waals surface area contributed by atoms with E-state index in [1.165, 1.54) is 0 Å². The number of anilines is 1. The molecule has 3 nitrogen and oxygen atoms in total. The number of benzene rings is 2. The summed E-state index contributed by atoms with van der Waals surface area (Å²) in [5.74, 6) is 0. The molecule has 0 aliphatic carbocycles. The van der Waals surface area contributed by atoms with Crippen LogP contribution in [0.15, 0.2) is 48.5 Å². The largest absolute Gasteiger partial charge is 0.301 e. The van der Waals surface area contributed by atoms with E-state index in [4.69, 9.17) is 16.4 Å². The molecule has 0 fully saturated rings. The number of hydrogen-bond acceptors (Lipinski definition) is 3. The standard InChI is InChI=1S/C17H16ClNO2/c1-17(12-7-9-13(18)10-8-12)14-5-3-4-6-15(14)19(21-2)16(17)11-20/h3-11,16H,1-2H3. The number of nitrogens with zero attached hydrogens (tertiary/aromatic N) is 1. The first kappa shape index (κ1) is 14.1. The number of fused-ring (bicyclic) bond motifs is 1. The first-order valence-corrected chi connectivity index (χ1v) is 7.15. The van der Waals surface area contributed by atoms with Crippen LogP contribution < -0.4 is 5.06 Å². The van der Waals surface area contributed by atoms with E-state index in [0.29, 0.717) is 5.02 Å². The minimum absolute atomic E-state index is 0.416. The van der Waals surface area contributed by atoms with Crippen LogP contribution in [0.3, 0.4) is 0 Å². The maximum Gasteiger partial charge on any atom is 0.146 e. The summed E-state index contributed by atoms with van der Waals surface area (Å²) in [6.45, 7) is 2.06. The van der Waals surface area contributed by atoms with Crippen LogP contribution >= 0.6 is 11.6 Å². The number of hydroxylamine groups is 1. The predicted molar refractivity (Wildman–Crippen MR) is 83.7 cm³/mol. The second kappa shape index (κ2) is 5.17. The lowest BCUT2D eigenvalue weighted by atomic mass is 9.73. The third-order valence-electron chi connectivity index (χ3n) is 4.31. The van der Waals surface area contributed by atoms with Gasteiger partial charge in [0.2, 0.25) is 0 Å². The molecule has 0 saturated carbocycles. The fourth-order valence-corrected chi connectivity index (χ4v) is 3.30. The second-order valence-corrected chi connectivity index (χ2v) is 5.75. The average Bonchev–Trinajstić information content (AvgIpc) is 2.77. The van der Waals surface area contributed by atoms with Gasteiger partial charge in [0.05, 0.1) is 12.8 Å². The highest BCUT2D eigenvalue weighted by atomic mass is 35.5. The Morgan fingerprint density at radius 2 is 1.86 bits per heavy atom. The van der Waals surface area contributed by atoms with Gasteiger partial charge in [-0.2, -0.15) is 0 Å². The lowest BCUT2D eigenvalue weighted by molar-refractivity contribution is -0.111. The first-order chi connectivity index (χ1) is 10.1. The smallest absolute Gasteiger partial charge is 0.146 e. The Morgan fingerprint density at radius 1 is 1.19 bits per heavy atom. The van der Waals surface area contributed by atoms with E-state index in [0.717, 1.165) is 23.1 Å². The third-order valence-corrected chi connectivity index (χ3v) is 4.57. The monoisotopic (exact) mass is 301 g/mol. The maximum atomic E-state index is 11.8. The Balaban J connectivity index is 2.23. The van der Waals surface area contributed by atoms with E-state index in [2.05, 4.69) is 6.92 Å². The van der Waals surface area contributed by atoms with Gasteiger partial charge in [-0.3, -0.25) is 4.84 Å². The summed E-state index contributed by atoms with van der Waals surface area (Å²) in [7, 11) is 1.58. The molecule has 108 valence electrons. The molecule has 1 aliphatic heterocycles. The average molecular weight is 302 g/mol. The fraction of sp³-hybridized carbons (Fsp3) is 0.235. The summed E-state index contributed by atoms with van der Waals surface area (Å²) in [6.07, 6.45) is 0.943. The van der Waals surface area contributed by atoms with Crippen LogP contribution in [-0.4, -0.2) is 19.4 Å².